The standard InChI is InChI=1S/C36H19NOS/c1-3-11-29-22(7-1)27-19-32-28(23-8-2-4-12-31(23)38-32)18-30(27)37(29)20-15-16-21-24-9-5-13-33-35(24)36-25(26(21)17-20)10-6-14-34(36)39-33/h1-19H. The maximum absolute atomic E-state index is 6.28. The van der Waals surface area contributed by atoms with E-state index in [0.29, 0.717) is 0 Å². The van der Waals surface area contributed by atoms with Gasteiger partial charge in [-0.05, 0) is 70.1 Å². The lowest BCUT2D eigenvalue weighted by molar-refractivity contribution is 0.669. The predicted octanol–water partition coefficient (Wildman–Crippen LogP) is 10.8. The Kier molecular flexibility index (Phi) is 3.59. The normalized spacial score (nSPS) is 12.6. The molecule has 0 saturated heterocycles. The minimum absolute atomic E-state index is 0.929. The van der Waals surface area contributed by atoms with Crippen molar-refractivity contribution in [3.63, 3.8) is 0 Å². The molecule has 0 unspecified atom stereocenters. The summed E-state index contributed by atoms with van der Waals surface area (Å²) in [6.45, 7) is 0. The van der Waals surface area contributed by atoms with Crippen molar-refractivity contribution in [2.24, 2.45) is 0 Å². The fraction of sp³-hybridized carbons (Fsp3) is 0. The van der Waals surface area contributed by atoms with Crippen molar-refractivity contribution in [3.8, 4) is 5.69 Å². The molecule has 0 aliphatic carbocycles. The fourth-order valence-corrected chi connectivity index (χ4v) is 8.07. The molecule has 7 aromatic carbocycles. The number of rotatable bonds is 1. The van der Waals surface area contributed by atoms with Crippen LogP contribution in [-0.2, 0) is 0 Å². The summed E-state index contributed by atoms with van der Waals surface area (Å²) in [7, 11) is 0. The molecule has 3 heterocycles. The summed E-state index contributed by atoms with van der Waals surface area (Å²) in [6, 6.07) is 42.1. The Morgan fingerprint density at radius 3 is 2.00 bits per heavy atom. The highest BCUT2D eigenvalue weighted by Crippen LogP contribution is 2.46. The number of thiophene rings is 1. The predicted molar refractivity (Wildman–Crippen MR) is 167 cm³/mol. The van der Waals surface area contributed by atoms with Crippen molar-refractivity contribution < 1.29 is 4.42 Å². The largest absolute Gasteiger partial charge is 0.456 e. The summed E-state index contributed by atoms with van der Waals surface area (Å²) < 4.78 is 11.4. The smallest absolute Gasteiger partial charge is 0.136 e. The van der Waals surface area contributed by atoms with Crippen molar-refractivity contribution in [3.05, 3.63) is 115 Å². The van der Waals surface area contributed by atoms with E-state index in [1.807, 2.05) is 17.4 Å². The molecule has 39 heavy (non-hydrogen) atoms. The number of nitrogens with zero attached hydrogens (tertiary/aromatic N) is 1. The van der Waals surface area contributed by atoms with E-state index in [4.69, 9.17) is 4.42 Å². The maximum Gasteiger partial charge on any atom is 0.136 e. The van der Waals surface area contributed by atoms with Crippen LogP contribution in [0, 0.1) is 0 Å². The van der Waals surface area contributed by atoms with Gasteiger partial charge < -0.3 is 8.98 Å². The Labute approximate surface area is 226 Å². The third-order valence-corrected chi connectivity index (χ3v) is 9.66. The third kappa shape index (κ3) is 2.47. The number of benzene rings is 7. The van der Waals surface area contributed by atoms with E-state index in [0.717, 1.165) is 21.9 Å². The summed E-state index contributed by atoms with van der Waals surface area (Å²) >= 11 is 1.90. The van der Waals surface area contributed by atoms with Gasteiger partial charge in [0.25, 0.3) is 0 Å². The van der Waals surface area contributed by atoms with Crippen molar-refractivity contribution in [2.75, 3.05) is 0 Å². The molecule has 180 valence electrons. The molecule has 0 saturated carbocycles. The van der Waals surface area contributed by atoms with Crippen LogP contribution < -0.4 is 0 Å². The van der Waals surface area contributed by atoms with Crippen LogP contribution in [0.15, 0.2) is 120 Å². The van der Waals surface area contributed by atoms with Crippen LogP contribution in [0.25, 0.3) is 91.1 Å². The van der Waals surface area contributed by atoms with Crippen LogP contribution in [0.3, 0.4) is 0 Å². The van der Waals surface area contributed by atoms with E-state index in [1.165, 1.54) is 69.2 Å². The summed E-state index contributed by atoms with van der Waals surface area (Å²) in [5, 5.41) is 12.8. The second-order valence-electron chi connectivity index (χ2n) is 10.5. The highest BCUT2D eigenvalue weighted by atomic mass is 32.1. The minimum atomic E-state index is 0.929. The van der Waals surface area contributed by atoms with Crippen LogP contribution in [0.2, 0.25) is 0 Å². The van der Waals surface area contributed by atoms with Gasteiger partial charge in [0.1, 0.15) is 11.2 Å². The molecule has 0 fully saturated rings. The summed E-state index contributed by atoms with van der Waals surface area (Å²) in [6.07, 6.45) is 0. The Hall–Kier alpha value is -4.86. The van der Waals surface area contributed by atoms with Crippen molar-refractivity contribution in [2.45, 2.75) is 0 Å². The van der Waals surface area contributed by atoms with Crippen LogP contribution in [0.5, 0.6) is 0 Å². The van der Waals surface area contributed by atoms with Gasteiger partial charge >= 0.3 is 0 Å². The molecule has 3 aromatic heterocycles. The van der Waals surface area contributed by atoms with Gasteiger partial charge in [-0.2, -0.15) is 0 Å². The number of hydrogen-bond donors (Lipinski definition) is 0. The van der Waals surface area contributed by atoms with Crippen LogP contribution in [0.4, 0.5) is 0 Å². The molecule has 0 atom stereocenters. The number of furan rings is 1. The molecular formula is C36H19NOS. The quantitative estimate of drug-likeness (QED) is 0.200. The number of hydrogen-bond acceptors (Lipinski definition) is 2. The zero-order valence-corrected chi connectivity index (χ0v) is 21.5. The summed E-state index contributed by atoms with van der Waals surface area (Å²) in [5.74, 6) is 0. The second kappa shape index (κ2) is 6.96. The molecule has 0 bridgehead atoms. The average Bonchev–Trinajstić information content (AvgIpc) is 3.65. The van der Waals surface area contributed by atoms with E-state index in [-0.39, 0.29) is 0 Å². The fourth-order valence-electron chi connectivity index (χ4n) is 6.91. The van der Waals surface area contributed by atoms with E-state index >= 15 is 0 Å². The average molecular weight is 514 g/mol. The molecule has 3 heteroatoms. The summed E-state index contributed by atoms with van der Waals surface area (Å²) in [5.41, 5.74) is 5.44. The molecule has 0 spiro atoms. The van der Waals surface area contributed by atoms with Crippen LogP contribution in [0.1, 0.15) is 0 Å². The van der Waals surface area contributed by atoms with E-state index in [1.54, 1.807) is 0 Å². The van der Waals surface area contributed by atoms with Gasteiger partial charge in [0.2, 0.25) is 0 Å². The van der Waals surface area contributed by atoms with Crippen LogP contribution >= 0.6 is 11.3 Å². The molecule has 0 aliphatic heterocycles. The van der Waals surface area contributed by atoms with E-state index in [2.05, 4.69) is 114 Å². The van der Waals surface area contributed by atoms with Crippen molar-refractivity contribution >= 4 is 96.8 Å². The first kappa shape index (κ1) is 20.1. The molecule has 0 amide bonds. The number of para-hydroxylation sites is 2. The zero-order chi connectivity index (χ0) is 25.2. The number of aromatic nitrogens is 1. The first-order valence-electron chi connectivity index (χ1n) is 13.3. The van der Waals surface area contributed by atoms with Gasteiger partial charge in [0.15, 0.2) is 0 Å². The topological polar surface area (TPSA) is 18.1 Å². The molecule has 0 radical (unpaired) electrons. The zero-order valence-electron chi connectivity index (χ0n) is 20.7. The van der Waals surface area contributed by atoms with Gasteiger partial charge in [0, 0.05) is 47.4 Å². The number of fused-ring (bicyclic) bond motifs is 9. The Bertz CT molecular complexity index is 2610. The highest BCUT2D eigenvalue weighted by Gasteiger charge is 2.19. The second-order valence-corrected chi connectivity index (χ2v) is 11.6. The molecule has 0 aliphatic rings. The molecule has 0 N–H and O–H groups in total. The lowest BCUT2D eigenvalue weighted by Gasteiger charge is -2.13. The van der Waals surface area contributed by atoms with Gasteiger partial charge in [-0.25, -0.2) is 0 Å². The first-order valence-corrected chi connectivity index (χ1v) is 14.1. The van der Waals surface area contributed by atoms with Gasteiger partial charge in [-0.3, -0.25) is 0 Å². The maximum atomic E-state index is 6.28. The van der Waals surface area contributed by atoms with Gasteiger partial charge in [-0.1, -0.05) is 66.7 Å². The van der Waals surface area contributed by atoms with Gasteiger partial charge in [0.05, 0.1) is 11.0 Å². The lowest BCUT2D eigenvalue weighted by atomic mass is 9.94. The molecular weight excluding hydrogens is 494 g/mol. The SMILES string of the molecule is c1ccc2c(c1)oc1cc3c4ccccc4n(-c4ccc5c(c4)c4cccc6sc7cccc5c7c64)c3cc12. The van der Waals surface area contributed by atoms with Crippen LogP contribution in [-0.4, -0.2) is 4.57 Å². The van der Waals surface area contributed by atoms with E-state index in [9.17, 15) is 0 Å². The Balaban J connectivity index is 1.37. The summed E-state index contributed by atoms with van der Waals surface area (Å²) in [4.78, 5) is 0. The minimum Gasteiger partial charge on any atom is -0.456 e. The van der Waals surface area contributed by atoms with Crippen molar-refractivity contribution in [1.29, 1.82) is 0 Å². The molecule has 2 nitrogen and oxygen atoms in total. The molecule has 10 aromatic rings. The van der Waals surface area contributed by atoms with E-state index < -0.39 is 0 Å². The monoisotopic (exact) mass is 513 g/mol. The lowest BCUT2D eigenvalue weighted by Crippen LogP contribution is -1.94. The molecule has 10 rings (SSSR count). The third-order valence-electron chi connectivity index (χ3n) is 8.54. The van der Waals surface area contributed by atoms with Gasteiger partial charge in [-0.15, -0.1) is 11.3 Å². The highest BCUT2D eigenvalue weighted by molar-refractivity contribution is 7.26. The Morgan fingerprint density at radius 1 is 0.436 bits per heavy atom. The van der Waals surface area contributed by atoms with Crippen molar-refractivity contribution in [1.82, 2.24) is 4.57 Å². The Morgan fingerprint density at radius 2 is 1.15 bits per heavy atom. The first-order chi connectivity index (χ1) is 19.3.